The molecule has 1 aliphatic carbocycles. The molecule has 3 atom stereocenters. The van der Waals surface area contributed by atoms with Gasteiger partial charge in [0.05, 0.1) is 12.6 Å². The molecule has 2 heterocycles. The van der Waals surface area contributed by atoms with Gasteiger partial charge in [0.2, 0.25) is 5.38 Å². The van der Waals surface area contributed by atoms with E-state index in [1.165, 1.54) is 37.0 Å². The summed E-state index contributed by atoms with van der Waals surface area (Å²) in [6, 6.07) is 0.715. The smallest absolute Gasteiger partial charge is 0.222 e. The Morgan fingerprint density at radius 1 is 1.35 bits per heavy atom. The van der Waals surface area contributed by atoms with Crippen molar-refractivity contribution >= 4 is 22.5 Å². The lowest BCUT2D eigenvalue weighted by Gasteiger charge is -2.26. The number of hydrogen-bond acceptors (Lipinski definition) is 2. The molecule has 0 radical (unpaired) electrons. The summed E-state index contributed by atoms with van der Waals surface area (Å²) in [5.41, 5.74) is 0. The Bertz CT molecular complexity index is 409. The molecule has 7 heteroatoms. The number of nitrogens with zero attached hydrogens (tertiary/aromatic N) is 2. The maximum Gasteiger partial charge on any atom is 0.222 e. The fourth-order valence-electron chi connectivity index (χ4n) is 3.12. The van der Waals surface area contributed by atoms with Crippen LogP contribution in [0, 0.1) is 5.92 Å². The van der Waals surface area contributed by atoms with E-state index in [0.717, 1.165) is 12.5 Å². The number of hydrogen-bond donors (Lipinski definition) is 3. The summed E-state index contributed by atoms with van der Waals surface area (Å²) in [6.45, 7) is 1.15. The quantitative estimate of drug-likeness (QED) is 0.544. The topological polar surface area (TPSA) is 65.8 Å². The van der Waals surface area contributed by atoms with Crippen molar-refractivity contribution in [1.82, 2.24) is 14.5 Å². The number of nitrogen functional groups attached to an aromatic ring is 1. The molecule has 5 nitrogen and oxygen atoms in total. The third-order valence-corrected chi connectivity index (χ3v) is 5.97. The van der Waals surface area contributed by atoms with Crippen molar-refractivity contribution in [2.24, 2.45) is 5.92 Å². The van der Waals surface area contributed by atoms with Gasteiger partial charge in [-0.1, -0.05) is 38.1 Å². The number of aromatic amines is 2. The van der Waals surface area contributed by atoms with Crippen LogP contribution < -0.4 is 10.1 Å². The standard InChI is InChI=1S/C10H18ClN5S/c11-10-7-17(14-16(12)13-10)15-6-5-8-3-1-2-4-9(8)15/h7-9,13H,1-6,12H2/p+1. The van der Waals surface area contributed by atoms with Crippen molar-refractivity contribution in [3.05, 3.63) is 10.5 Å². The van der Waals surface area contributed by atoms with E-state index in [1.807, 2.05) is 5.38 Å². The molecule has 17 heavy (non-hydrogen) atoms. The normalized spacial score (nSPS) is 30.3. The van der Waals surface area contributed by atoms with Gasteiger partial charge in [-0.05, 0) is 25.2 Å². The van der Waals surface area contributed by atoms with Gasteiger partial charge >= 0.3 is 0 Å². The summed E-state index contributed by atoms with van der Waals surface area (Å²) in [7, 11) is -0.171. The van der Waals surface area contributed by atoms with E-state index in [1.54, 1.807) is 0 Å². The summed E-state index contributed by atoms with van der Waals surface area (Å²) in [5, 5.41) is 5.45. The van der Waals surface area contributed by atoms with E-state index in [-0.39, 0.29) is 10.9 Å². The summed E-state index contributed by atoms with van der Waals surface area (Å²) in [4.78, 5) is 1.36. The Labute approximate surface area is 108 Å². The van der Waals surface area contributed by atoms with E-state index in [2.05, 4.69) is 13.9 Å². The summed E-state index contributed by atoms with van der Waals surface area (Å²) in [6.07, 6.45) is 6.79. The van der Waals surface area contributed by atoms with Crippen LogP contribution in [0.3, 0.4) is 0 Å². The van der Waals surface area contributed by atoms with Crippen molar-refractivity contribution in [2.75, 3.05) is 16.7 Å². The van der Waals surface area contributed by atoms with Crippen LogP contribution in [0.1, 0.15) is 32.1 Å². The average Bonchev–Trinajstić information content (AvgIpc) is 2.71. The maximum atomic E-state index is 6.03. The van der Waals surface area contributed by atoms with Crippen molar-refractivity contribution in [2.45, 2.75) is 38.1 Å². The number of aromatic nitrogens is 3. The third kappa shape index (κ3) is 2.21. The van der Waals surface area contributed by atoms with Gasteiger partial charge in [0.15, 0.2) is 16.0 Å². The molecule has 96 valence electrons. The lowest BCUT2D eigenvalue weighted by atomic mass is 9.86. The molecule has 4 N–H and O–H groups in total. The van der Waals surface area contributed by atoms with Gasteiger partial charge < -0.3 is 5.84 Å². The second-order valence-electron chi connectivity index (χ2n) is 4.89. The second-order valence-corrected chi connectivity index (χ2v) is 6.82. The van der Waals surface area contributed by atoms with Crippen LogP contribution in [0.25, 0.3) is 0 Å². The van der Waals surface area contributed by atoms with Crippen LogP contribution in [0.2, 0.25) is 5.15 Å². The van der Waals surface area contributed by atoms with Gasteiger partial charge in [-0.25, -0.2) is 5.10 Å². The first kappa shape index (κ1) is 11.5. The summed E-state index contributed by atoms with van der Waals surface area (Å²) >= 11 is 6.03. The van der Waals surface area contributed by atoms with Crippen molar-refractivity contribution in [3.63, 3.8) is 0 Å². The minimum Gasteiger partial charge on any atom is -0.306 e. The number of halogens is 1. The molecular weight excluding hydrogens is 258 g/mol. The SMILES string of the molecule is Nn1[nH]c(Cl)c[s+](N2CCC3CCCCC32)[nH]1. The molecule has 3 rings (SSSR count). The number of H-pyrrole nitrogens is 2. The van der Waals surface area contributed by atoms with E-state index in [9.17, 15) is 0 Å². The molecule has 0 aromatic carbocycles. The highest BCUT2D eigenvalue weighted by atomic mass is 35.5. The van der Waals surface area contributed by atoms with Crippen molar-refractivity contribution < 1.29 is 0 Å². The van der Waals surface area contributed by atoms with Crippen LogP contribution in [0.15, 0.2) is 5.38 Å². The van der Waals surface area contributed by atoms with Gasteiger partial charge in [-0.2, -0.15) is 0 Å². The molecule has 1 aliphatic heterocycles. The first-order chi connectivity index (χ1) is 8.24. The lowest BCUT2D eigenvalue weighted by Crippen LogP contribution is -2.35. The molecule has 3 unspecified atom stereocenters. The van der Waals surface area contributed by atoms with Crippen LogP contribution >= 0.6 is 22.5 Å². The van der Waals surface area contributed by atoms with E-state index < -0.39 is 0 Å². The zero-order valence-electron chi connectivity index (χ0n) is 9.73. The van der Waals surface area contributed by atoms with Crippen LogP contribution in [0.4, 0.5) is 0 Å². The molecule has 2 fully saturated rings. The number of rotatable bonds is 1. The first-order valence-electron chi connectivity index (χ1n) is 6.19. The maximum absolute atomic E-state index is 6.03. The van der Waals surface area contributed by atoms with Gasteiger partial charge in [-0.3, -0.25) is 0 Å². The van der Waals surface area contributed by atoms with E-state index in [0.29, 0.717) is 11.2 Å². The zero-order chi connectivity index (χ0) is 11.8. The fourth-order valence-corrected chi connectivity index (χ4v) is 5.12. The number of fused-ring (bicyclic) bond motifs is 1. The molecular formula is C10H19ClN5S+. The van der Waals surface area contributed by atoms with Gasteiger partial charge in [0.25, 0.3) is 0 Å². The molecule has 2 aliphatic rings. The lowest BCUT2D eigenvalue weighted by molar-refractivity contribution is 0.346. The first-order valence-corrected chi connectivity index (χ1v) is 7.81. The molecule has 1 aromatic heterocycles. The highest BCUT2D eigenvalue weighted by Crippen LogP contribution is 2.39. The van der Waals surface area contributed by atoms with Crippen LogP contribution in [-0.4, -0.2) is 27.1 Å². The Kier molecular flexibility index (Phi) is 3.10. The summed E-state index contributed by atoms with van der Waals surface area (Å²) < 4.78 is 5.75. The minimum atomic E-state index is -0.171. The molecule has 1 aromatic rings. The molecule has 1 saturated carbocycles. The van der Waals surface area contributed by atoms with E-state index >= 15 is 0 Å². The van der Waals surface area contributed by atoms with Gasteiger partial charge in [-0.15, -0.1) is 0 Å². The monoisotopic (exact) mass is 276 g/mol. The predicted octanol–water partition coefficient (Wildman–Crippen LogP) is 2.29. The molecule has 0 spiro atoms. The van der Waals surface area contributed by atoms with Crippen molar-refractivity contribution in [1.29, 1.82) is 0 Å². The predicted molar refractivity (Wildman–Crippen MR) is 71.8 cm³/mol. The van der Waals surface area contributed by atoms with Crippen molar-refractivity contribution in [3.8, 4) is 0 Å². The fraction of sp³-hybridized carbons (Fsp3) is 0.800. The highest BCUT2D eigenvalue weighted by molar-refractivity contribution is 7.26. The third-order valence-electron chi connectivity index (χ3n) is 3.85. The van der Waals surface area contributed by atoms with Crippen LogP contribution in [-0.2, 0) is 0 Å². The Balaban J connectivity index is 1.88. The Morgan fingerprint density at radius 2 is 2.18 bits per heavy atom. The second kappa shape index (κ2) is 4.59. The van der Waals surface area contributed by atoms with Crippen LogP contribution in [0.5, 0.6) is 0 Å². The largest absolute Gasteiger partial charge is 0.306 e. The average molecular weight is 277 g/mol. The number of nitrogens with two attached hydrogens (primary N) is 1. The van der Waals surface area contributed by atoms with E-state index in [4.69, 9.17) is 17.4 Å². The minimum absolute atomic E-state index is 0.171. The Hall–Kier alpha value is -0.590. The molecule has 0 bridgehead atoms. The summed E-state index contributed by atoms with van der Waals surface area (Å²) in [5.74, 6) is 6.60. The molecule has 0 amide bonds. The molecule has 1 saturated heterocycles. The zero-order valence-corrected chi connectivity index (χ0v) is 11.3. The highest BCUT2D eigenvalue weighted by Gasteiger charge is 2.42. The van der Waals surface area contributed by atoms with Gasteiger partial charge in [0.1, 0.15) is 0 Å². The Morgan fingerprint density at radius 3 is 3.00 bits per heavy atom. The number of nitrogens with one attached hydrogen (secondary N) is 2. The van der Waals surface area contributed by atoms with Gasteiger partial charge in [0, 0.05) is 0 Å².